The second kappa shape index (κ2) is 9.23. The average molecular weight is 429 g/mol. The van der Waals surface area contributed by atoms with Crippen molar-refractivity contribution in [2.75, 3.05) is 18.9 Å². The average Bonchev–Trinajstić information content (AvgIpc) is 2.57. The number of amides is 3. The predicted molar refractivity (Wildman–Crippen MR) is 108 cm³/mol. The fourth-order valence-corrected chi connectivity index (χ4v) is 3.76. The van der Waals surface area contributed by atoms with Crippen LogP contribution in [0.4, 0.5) is 10.5 Å². The lowest BCUT2D eigenvalue weighted by Gasteiger charge is -2.24. The van der Waals surface area contributed by atoms with E-state index in [1.807, 2.05) is 0 Å². The van der Waals surface area contributed by atoms with Crippen LogP contribution in [-0.2, 0) is 24.3 Å². The molecule has 0 aromatic heterocycles. The third kappa shape index (κ3) is 7.70. The van der Waals surface area contributed by atoms with Crippen molar-refractivity contribution in [3.05, 3.63) is 24.3 Å². The molecule has 4 N–H and O–H groups in total. The van der Waals surface area contributed by atoms with Crippen LogP contribution in [0.25, 0.3) is 0 Å². The van der Waals surface area contributed by atoms with Crippen molar-refractivity contribution in [1.82, 2.24) is 15.4 Å². The van der Waals surface area contributed by atoms with Crippen LogP contribution in [0.2, 0.25) is 0 Å². The van der Waals surface area contributed by atoms with Gasteiger partial charge in [-0.05, 0) is 46.8 Å². The Bertz CT molecular complexity index is 875. The summed E-state index contributed by atoms with van der Waals surface area (Å²) in [5, 5.41) is 7.10. The van der Waals surface area contributed by atoms with Gasteiger partial charge in [0, 0.05) is 7.05 Å². The highest BCUT2D eigenvalue weighted by molar-refractivity contribution is 7.89. The fraction of sp³-hybridized carbons (Fsp3) is 0.500. The van der Waals surface area contributed by atoms with Gasteiger partial charge in [0.2, 0.25) is 21.8 Å². The molecule has 10 nitrogen and oxygen atoms in total. The van der Waals surface area contributed by atoms with Gasteiger partial charge < -0.3 is 20.7 Å². The summed E-state index contributed by atoms with van der Waals surface area (Å²) in [6.07, 6.45) is -0.775. The third-order valence-corrected chi connectivity index (χ3v) is 5.14. The highest BCUT2D eigenvalue weighted by Crippen LogP contribution is 2.22. The first-order chi connectivity index (χ1) is 13.2. The topological polar surface area (TPSA) is 143 Å². The molecule has 0 heterocycles. The van der Waals surface area contributed by atoms with E-state index in [9.17, 15) is 22.8 Å². The summed E-state index contributed by atoms with van der Waals surface area (Å²) in [4.78, 5) is 35.4. The zero-order valence-electron chi connectivity index (χ0n) is 17.4. The van der Waals surface area contributed by atoms with Gasteiger partial charge in [0.05, 0.1) is 5.69 Å². The molecule has 0 aliphatic heterocycles. The van der Waals surface area contributed by atoms with Crippen molar-refractivity contribution in [3.63, 3.8) is 0 Å². The lowest BCUT2D eigenvalue weighted by molar-refractivity contribution is -0.125. The third-order valence-electron chi connectivity index (χ3n) is 3.43. The standard InChI is InChI=1S/C18H28N4O6S/c1-17(2,3)28-16(25)20-11-14(23)21-12-9-7-8-10-13(12)29(26,27)22-18(4,5)15(24)19-6/h7-10,22H,11H2,1-6H3,(H,19,24)(H,20,25)(H,21,23). The molecule has 3 amide bonds. The van der Waals surface area contributed by atoms with E-state index < -0.39 is 45.6 Å². The number of carbonyl (C=O) groups is 3. The summed E-state index contributed by atoms with van der Waals surface area (Å²) in [6, 6.07) is 5.71. The first-order valence-corrected chi connectivity index (χ1v) is 10.3. The molecular formula is C18H28N4O6S. The SMILES string of the molecule is CNC(=O)C(C)(C)NS(=O)(=O)c1ccccc1NC(=O)CNC(=O)OC(C)(C)C. The van der Waals surface area contributed by atoms with Crippen molar-refractivity contribution in [2.45, 2.75) is 50.7 Å². The van der Waals surface area contributed by atoms with E-state index >= 15 is 0 Å². The maximum atomic E-state index is 12.8. The number of ether oxygens (including phenoxy) is 1. The first-order valence-electron chi connectivity index (χ1n) is 8.80. The van der Waals surface area contributed by atoms with Crippen molar-refractivity contribution in [3.8, 4) is 0 Å². The molecule has 29 heavy (non-hydrogen) atoms. The molecule has 0 radical (unpaired) electrons. The number of carbonyl (C=O) groups excluding carboxylic acids is 3. The van der Waals surface area contributed by atoms with E-state index in [4.69, 9.17) is 4.74 Å². The number of para-hydroxylation sites is 1. The number of likely N-dealkylation sites (N-methyl/N-ethyl adjacent to an activating group) is 1. The largest absolute Gasteiger partial charge is 0.444 e. The van der Waals surface area contributed by atoms with Crippen LogP contribution < -0.4 is 20.7 Å². The lowest BCUT2D eigenvalue weighted by atomic mass is 10.1. The fourth-order valence-electron chi connectivity index (χ4n) is 2.22. The van der Waals surface area contributed by atoms with E-state index in [-0.39, 0.29) is 10.6 Å². The van der Waals surface area contributed by atoms with E-state index in [0.29, 0.717) is 0 Å². The Labute approximate surface area is 170 Å². The second-order valence-corrected chi connectivity index (χ2v) is 9.36. The van der Waals surface area contributed by atoms with Gasteiger partial charge in [0.15, 0.2) is 0 Å². The normalized spacial score (nSPS) is 12.1. The van der Waals surface area contributed by atoms with Crippen LogP contribution in [0, 0.1) is 0 Å². The number of rotatable bonds is 7. The van der Waals surface area contributed by atoms with Crippen LogP contribution in [0.3, 0.4) is 0 Å². The Morgan fingerprint density at radius 2 is 1.62 bits per heavy atom. The zero-order valence-corrected chi connectivity index (χ0v) is 18.2. The molecule has 0 saturated heterocycles. The summed E-state index contributed by atoms with van der Waals surface area (Å²) in [7, 11) is -2.75. The minimum Gasteiger partial charge on any atom is -0.444 e. The molecule has 162 valence electrons. The summed E-state index contributed by atoms with van der Waals surface area (Å²) >= 11 is 0. The maximum absolute atomic E-state index is 12.8. The predicted octanol–water partition coefficient (Wildman–Crippen LogP) is 0.953. The molecule has 1 aromatic rings. The van der Waals surface area contributed by atoms with Crippen LogP contribution in [0.5, 0.6) is 0 Å². The smallest absolute Gasteiger partial charge is 0.408 e. The van der Waals surface area contributed by atoms with Crippen LogP contribution in [0.15, 0.2) is 29.2 Å². The Morgan fingerprint density at radius 1 is 1.03 bits per heavy atom. The zero-order chi connectivity index (χ0) is 22.5. The minimum absolute atomic E-state index is 0.00342. The Morgan fingerprint density at radius 3 is 2.17 bits per heavy atom. The number of hydrogen-bond donors (Lipinski definition) is 4. The van der Waals surface area contributed by atoms with Gasteiger partial charge in [-0.25, -0.2) is 13.2 Å². The van der Waals surface area contributed by atoms with Gasteiger partial charge in [-0.2, -0.15) is 4.72 Å². The van der Waals surface area contributed by atoms with Crippen molar-refractivity contribution in [2.24, 2.45) is 0 Å². The molecule has 1 rings (SSSR count). The van der Waals surface area contributed by atoms with Crippen molar-refractivity contribution in [1.29, 1.82) is 0 Å². The molecule has 0 aliphatic carbocycles. The molecule has 0 aliphatic rings. The summed E-state index contributed by atoms with van der Waals surface area (Å²) in [5.74, 6) is -1.17. The number of nitrogens with one attached hydrogen (secondary N) is 4. The Kier molecular flexibility index (Phi) is 7.75. The monoisotopic (exact) mass is 428 g/mol. The van der Waals surface area contributed by atoms with Crippen LogP contribution >= 0.6 is 0 Å². The van der Waals surface area contributed by atoms with Gasteiger partial charge in [-0.1, -0.05) is 12.1 Å². The van der Waals surface area contributed by atoms with E-state index in [0.717, 1.165) is 0 Å². The number of benzene rings is 1. The first kappa shape index (κ1) is 24.4. The van der Waals surface area contributed by atoms with Gasteiger partial charge in [0.25, 0.3) is 0 Å². The highest BCUT2D eigenvalue weighted by Gasteiger charge is 2.33. The summed E-state index contributed by atoms with van der Waals surface area (Å²) in [5.41, 5.74) is -2.13. The van der Waals surface area contributed by atoms with Gasteiger partial charge in [-0.15, -0.1) is 0 Å². The number of anilines is 1. The molecule has 11 heteroatoms. The molecular weight excluding hydrogens is 400 g/mol. The summed E-state index contributed by atoms with van der Waals surface area (Å²) in [6.45, 7) is 7.45. The van der Waals surface area contributed by atoms with Gasteiger partial charge in [0.1, 0.15) is 22.6 Å². The summed E-state index contributed by atoms with van der Waals surface area (Å²) < 4.78 is 32.9. The Hall–Kier alpha value is -2.66. The molecule has 0 fully saturated rings. The van der Waals surface area contributed by atoms with Crippen LogP contribution in [-0.4, -0.2) is 51.1 Å². The minimum atomic E-state index is -4.14. The number of hydrogen-bond acceptors (Lipinski definition) is 6. The van der Waals surface area contributed by atoms with Crippen molar-refractivity contribution < 1.29 is 27.5 Å². The Balaban J connectivity index is 2.92. The molecule has 0 unspecified atom stereocenters. The molecule has 0 saturated carbocycles. The lowest BCUT2D eigenvalue weighted by Crippen LogP contribution is -2.53. The van der Waals surface area contributed by atoms with Gasteiger partial charge >= 0.3 is 6.09 Å². The molecule has 0 spiro atoms. The molecule has 0 atom stereocenters. The van der Waals surface area contributed by atoms with E-state index in [1.165, 1.54) is 39.1 Å². The van der Waals surface area contributed by atoms with Crippen molar-refractivity contribution >= 4 is 33.6 Å². The number of alkyl carbamates (subject to hydrolysis) is 1. The maximum Gasteiger partial charge on any atom is 0.408 e. The van der Waals surface area contributed by atoms with E-state index in [1.54, 1.807) is 26.8 Å². The quantitative estimate of drug-likeness (QED) is 0.509. The second-order valence-electron chi connectivity index (χ2n) is 7.71. The highest BCUT2D eigenvalue weighted by atomic mass is 32.2. The molecule has 0 bridgehead atoms. The molecule has 1 aromatic carbocycles. The van der Waals surface area contributed by atoms with Crippen LogP contribution in [0.1, 0.15) is 34.6 Å². The number of sulfonamides is 1. The van der Waals surface area contributed by atoms with Gasteiger partial charge in [-0.3, -0.25) is 9.59 Å². The van der Waals surface area contributed by atoms with E-state index in [2.05, 4.69) is 20.7 Å².